The maximum Gasteiger partial charge on any atom is 0.119 e. The molecule has 2 atom stereocenters. The van der Waals surface area contributed by atoms with Gasteiger partial charge in [0.15, 0.2) is 0 Å². The summed E-state index contributed by atoms with van der Waals surface area (Å²) in [6, 6.07) is 8.55. The van der Waals surface area contributed by atoms with Gasteiger partial charge in [-0.3, -0.25) is 0 Å². The Hall–Kier alpha value is -1.06. The highest BCUT2D eigenvalue weighted by atomic mass is 16.5. The molecule has 0 bridgehead atoms. The van der Waals surface area contributed by atoms with Gasteiger partial charge < -0.3 is 15.2 Å². The Morgan fingerprint density at radius 2 is 1.78 bits per heavy atom. The third-order valence-electron chi connectivity index (χ3n) is 3.15. The van der Waals surface area contributed by atoms with Crippen LogP contribution in [0.2, 0.25) is 0 Å². The van der Waals surface area contributed by atoms with Crippen molar-refractivity contribution in [2.24, 2.45) is 5.92 Å². The minimum atomic E-state index is -0.408. The quantitative estimate of drug-likeness (QED) is 0.781. The van der Waals surface area contributed by atoms with E-state index < -0.39 is 6.10 Å². The van der Waals surface area contributed by atoms with Crippen LogP contribution in [-0.2, 0) is 6.42 Å². The first-order valence-corrected chi connectivity index (χ1v) is 6.60. The van der Waals surface area contributed by atoms with Crippen molar-refractivity contribution < 1.29 is 9.84 Å². The van der Waals surface area contributed by atoms with Crippen molar-refractivity contribution in [3.63, 3.8) is 0 Å². The molecule has 0 saturated carbocycles. The number of nitrogens with one attached hydrogen (secondary N) is 1. The van der Waals surface area contributed by atoms with E-state index in [1.54, 1.807) is 0 Å². The molecule has 0 aromatic heterocycles. The third-order valence-corrected chi connectivity index (χ3v) is 3.15. The lowest BCUT2D eigenvalue weighted by Gasteiger charge is -2.15. The van der Waals surface area contributed by atoms with E-state index in [1.165, 1.54) is 5.56 Å². The number of ether oxygens (including phenoxy) is 1. The van der Waals surface area contributed by atoms with Crippen LogP contribution < -0.4 is 10.1 Å². The third kappa shape index (κ3) is 5.07. The van der Waals surface area contributed by atoms with Crippen molar-refractivity contribution in [3.05, 3.63) is 29.8 Å². The molecule has 0 saturated heterocycles. The van der Waals surface area contributed by atoms with Gasteiger partial charge in [0.05, 0.1) is 6.10 Å². The molecule has 0 spiro atoms. The van der Waals surface area contributed by atoms with E-state index in [4.69, 9.17) is 4.74 Å². The van der Waals surface area contributed by atoms with Gasteiger partial charge in [-0.25, -0.2) is 0 Å². The molecule has 0 amide bonds. The standard InChI is InChI=1S/C15H25NO2/c1-11(2)15(17)10-18-14-7-5-13(6-8-14)9-12(3)16-4/h5-8,11-12,15-17H,9-10H2,1-4H3. The van der Waals surface area contributed by atoms with Gasteiger partial charge in [0.1, 0.15) is 12.4 Å². The topological polar surface area (TPSA) is 41.5 Å². The lowest BCUT2D eigenvalue weighted by molar-refractivity contribution is 0.0701. The minimum Gasteiger partial charge on any atom is -0.491 e. The summed E-state index contributed by atoms with van der Waals surface area (Å²) in [4.78, 5) is 0. The summed E-state index contributed by atoms with van der Waals surface area (Å²) in [7, 11) is 1.97. The van der Waals surface area contributed by atoms with E-state index in [0.717, 1.165) is 12.2 Å². The summed E-state index contributed by atoms with van der Waals surface area (Å²) in [5.74, 6) is 1.04. The first-order chi connectivity index (χ1) is 8.52. The van der Waals surface area contributed by atoms with Gasteiger partial charge >= 0.3 is 0 Å². The second-order valence-corrected chi connectivity index (χ2v) is 5.16. The van der Waals surface area contributed by atoms with Crippen LogP contribution in [0.15, 0.2) is 24.3 Å². The number of benzene rings is 1. The fraction of sp³-hybridized carbons (Fsp3) is 0.600. The number of hydrogen-bond acceptors (Lipinski definition) is 3. The van der Waals surface area contributed by atoms with Gasteiger partial charge in [-0.15, -0.1) is 0 Å². The van der Waals surface area contributed by atoms with Crippen LogP contribution in [0, 0.1) is 5.92 Å². The smallest absolute Gasteiger partial charge is 0.119 e. The molecule has 1 aromatic rings. The Morgan fingerprint density at radius 3 is 2.28 bits per heavy atom. The van der Waals surface area contributed by atoms with E-state index in [-0.39, 0.29) is 5.92 Å². The molecule has 0 fully saturated rings. The predicted molar refractivity (Wildman–Crippen MR) is 75.0 cm³/mol. The van der Waals surface area contributed by atoms with E-state index in [0.29, 0.717) is 12.6 Å². The average molecular weight is 251 g/mol. The zero-order valence-corrected chi connectivity index (χ0v) is 11.8. The Bertz CT molecular complexity index is 335. The number of aliphatic hydroxyl groups is 1. The van der Waals surface area contributed by atoms with Gasteiger partial charge in [-0.2, -0.15) is 0 Å². The fourth-order valence-electron chi connectivity index (χ4n) is 1.55. The summed E-state index contributed by atoms with van der Waals surface area (Å²) in [5.41, 5.74) is 1.29. The monoisotopic (exact) mass is 251 g/mol. The average Bonchev–Trinajstić information content (AvgIpc) is 2.37. The molecular formula is C15H25NO2. The molecule has 102 valence electrons. The van der Waals surface area contributed by atoms with Crippen molar-refractivity contribution in [1.29, 1.82) is 0 Å². The van der Waals surface area contributed by atoms with Crippen molar-refractivity contribution in [2.75, 3.05) is 13.7 Å². The highest BCUT2D eigenvalue weighted by Gasteiger charge is 2.09. The Labute approximate surface area is 110 Å². The molecule has 0 radical (unpaired) electrons. The van der Waals surface area contributed by atoms with E-state index in [1.807, 2.05) is 33.0 Å². The van der Waals surface area contributed by atoms with Crippen LogP contribution in [0.25, 0.3) is 0 Å². The first kappa shape index (κ1) is 15.0. The summed E-state index contributed by atoms with van der Waals surface area (Å²) in [6.45, 7) is 6.47. The Balaban J connectivity index is 2.45. The zero-order chi connectivity index (χ0) is 13.5. The molecule has 0 aliphatic rings. The molecule has 0 aliphatic heterocycles. The summed E-state index contributed by atoms with van der Waals surface area (Å²) < 4.78 is 5.55. The Morgan fingerprint density at radius 1 is 1.17 bits per heavy atom. The lowest BCUT2D eigenvalue weighted by Crippen LogP contribution is -2.23. The van der Waals surface area contributed by atoms with E-state index >= 15 is 0 Å². The number of likely N-dealkylation sites (N-methyl/N-ethyl adjacent to an activating group) is 1. The second kappa shape index (κ2) is 7.39. The summed E-state index contributed by atoms with van der Waals surface area (Å²) >= 11 is 0. The fourth-order valence-corrected chi connectivity index (χ4v) is 1.55. The van der Waals surface area contributed by atoms with Crippen molar-refractivity contribution in [1.82, 2.24) is 5.32 Å². The zero-order valence-electron chi connectivity index (χ0n) is 11.8. The number of rotatable bonds is 7. The largest absolute Gasteiger partial charge is 0.491 e. The summed E-state index contributed by atoms with van der Waals surface area (Å²) in [5, 5.41) is 12.9. The molecular weight excluding hydrogens is 226 g/mol. The highest BCUT2D eigenvalue weighted by molar-refractivity contribution is 5.27. The maximum absolute atomic E-state index is 9.66. The van der Waals surface area contributed by atoms with E-state index in [2.05, 4.69) is 24.4 Å². The van der Waals surface area contributed by atoms with Crippen LogP contribution >= 0.6 is 0 Å². The van der Waals surface area contributed by atoms with Gasteiger partial charge in [0.2, 0.25) is 0 Å². The molecule has 2 N–H and O–H groups in total. The van der Waals surface area contributed by atoms with Crippen LogP contribution in [-0.4, -0.2) is 30.9 Å². The first-order valence-electron chi connectivity index (χ1n) is 6.60. The number of hydrogen-bond donors (Lipinski definition) is 2. The summed E-state index contributed by atoms with van der Waals surface area (Å²) in [6.07, 6.45) is 0.597. The predicted octanol–water partition coefficient (Wildman–Crippen LogP) is 2.23. The molecule has 1 aromatic carbocycles. The maximum atomic E-state index is 9.66. The molecule has 3 nitrogen and oxygen atoms in total. The molecule has 3 heteroatoms. The van der Waals surface area contributed by atoms with Gasteiger partial charge in [-0.05, 0) is 44.0 Å². The SMILES string of the molecule is CNC(C)Cc1ccc(OCC(O)C(C)C)cc1. The lowest BCUT2D eigenvalue weighted by atomic mass is 10.1. The highest BCUT2D eigenvalue weighted by Crippen LogP contribution is 2.14. The minimum absolute atomic E-state index is 0.223. The molecule has 0 heterocycles. The normalized spacial score (nSPS) is 14.6. The van der Waals surface area contributed by atoms with E-state index in [9.17, 15) is 5.11 Å². The second-order valence-electron chi connectivity index (χ2n) is 5.16. The number of aliphatic hydroxyl groups excluding tert-OH is 1. The van der Waals surface area contributed by atoms with Crippen molar-refractivity contribution >= 4 is 0 Å². The Kier molecular flexibility index (Phi) is 6.16. The molecule has 1 rings (SSSR count). The molecule has 2 unspecified atom stereocenters. The van der Waals surface area contributed by atoms with Gasteiger partial charge in [-0.1, -0.05) is 26.0 Å². The molecule has 18 heavy (non-hydrogen) atoms. The van der Waals surface area contributed by atoms with Crippen LogP contribution in [0.3, 0.4) is 0 Å². The van der Waals surface area contributed by atoms with Gasteiger partial charge in [0.25, 0.3) is 0 Å². The van der Waals surface area contributed by atoms with Crippen molar-refractivity contribution in [3.8, 4) is 5.75 Å². The van der Waals surface area contributed by atoms with Crippen LogP contribution in [0.1, 0.15) is 26.3 Å². The van der Waals surface area contributed by atoms with Crippen LogP contribution in [0.5, 0.6) is 5.75 Å². The van der Waals surface area contributed by atoms with Crippen molar-refractivity contribution in [2.45, 2.75) is 39.3 Å². The molecule has 0 aliphatic carbocycles. The van der Waals surface area contributed by atoms with Gasteiger partial charge in [0, 0.05) is 6.04 Å². The van der Waals surface area contributed by atoms with Crippen LogP contribution in [0.4, 0.5) is 0 Å².